The summed E-state index contributed by atoms with van der Waals surface area (Å²) in [6.07, 6.45) is -6.20. The Kier molecular flexibility index (Phi) is 8.85. The summed E-state index contributed by atoms with van der Waals surface area (Å²) in [7, 11) is 3.45. The van der Waals surface area contributed by atoms with Crippen LogP contribution in [0.15, 0.2) is 54.3 Å². The Balaban J connectivity index is 1.19. The summed E-state index contributed by atoms with van der Waals surface area (Å²) in [4.78, 5) is 63.7. The lowest BCUT2D eigenvalue weighted by atomic mass is 9.50. The van der Waals surface area contributed by atoms with Gasteiger partial charge in [-0.2, -0.15) is 0 Å². The van der Waals surface area contributed by atoms with Crippen LogP contribution < -0.4 is 9.47 Å². The molecule has 2 heterocycles. The molecule has 0 aromatic heterocycles. The molecule has 260 valence electrons. The Morgan fingerprint density at radius 3 is 2.43 bits per heavy atom. The minimum absolute atomic E-state index is 0.0559. The zero-order valence-electron chi connectivity index (χ0n) is 26.6. The van der Waals surface area contributed by atoms with Crippen LogP contribution in [0.25, 0.3) is 0 Å². The summed E-state index contributed by atoms with van der Waals surface area (Å²) in [5, 5.41) is 41.3. The van der Waals surface area contributed by atoms with Crippen molar-refractivity contribution in [3.8, 4) is 11.5 Å². The molecule has 6 rings (SSSR count). The number of piperidine rings is 1. The molecule has 2 aliphatic carbocycles. The second kappa shape index (κ2) is 12.8. The van der Waals surface area contributed by atoms with Crippen molar-refractivity contribution >= 4 is 29.8 Å². The second-order valence-electron chi connectivity index (χ2n) is 12.6. The van der Waals surface area contributed by atoms with E-state index in [4.69, 9.17) is 28.8 Å². The summed E-state index contributed by atoms with van der Waals surface area (Å²) in [6, 6.07) is 10.9. The topological polar surface area (TPSA) is 216 Å². The number of methoxy groups -OCH3 is 1. The van der Waals surface area contributed by atoms with E-state index in [1.165, 1.54) is 31.4 Å². The van der Waals surface area contributed by atoms with Gasteiger partial charge < -0.3 is 49.0 Å². The molecule has 2 aromatic carbocycles. The fourth-order valence-corrected chi connectivity index (χ4v) is 7.61. The van der Waals surface area contributed by atoms with Crippen molar-refractivity contribution in [1.82, 2.24) is 4.90 Å². The summed E-state index contributed by atoms with van der Waals surface area (Å²) in [5.74, 6) is -6.14. The lowest BCUT2D eigenvalue weighted by Gasteiger charge is -2.61. The third-order valence-electron chi connectivity index (χ3n) is 9.87. The number of aliphatic hydroxyl groups is 2. The lowest BCUT2D eigenvalue weighted by molar-refractivity contribution is -0.181. The SMILES string of the molecule is COc1ccc2c3c1O[C@@H]1C(OC(=O)[C@@H](O)CC(=O)O[C@H](C(=O)O[C@H](CC(=O)O)C(=O)O)c4ccccc4)=CC[C@]4(O)[C@H](C2)N(C)CC[C@@]314. The van der Waals surface area contributed by atoms with Crippen LogP contribution in [-0.2, 0) is 50.0 Å². The molecule has 1 saturated heterocycles. The standard InChI is InChI=1S/C34H35NO14/c1-35-13-12-33-26-18-8-9-20(45-2)28(26)49-29(33)21(10-11-34(33,44)23(35)14-18)46-31(42)19(36)15-25(39)48-27(17-6-4-3-5-7-17)32(43)47-22(30(40)41)16-24(37)38/h3-10,19,22-23,27,29,36,44H,11-16H2,1-2H3,(H,37,38)(H,40,41)/t19-,22+,23-,27-,29+,33+,34-/m0/s1. The zero-order valence-corrected chi connectivity index (χ0v) is 26.6. The number of likely N-dealkylation sites (N-methyl/N-ethyl adjacent to an activating group) is 1. The molecule has 1 spiro atoms. The molecular weight excluding hydrogens is 646 g/mol. The second-order valence-corrected chi connectivity index (χ2v) is 12.6. The first-order valence-corrected chi connectivity index (χ1v) is 15.6. The monoisotopic (exact) mass is 681 g/mol. The van der Waals surface area contributed by atoms with Gasteiger partial charge in [0.1, 0.15) is 5.76 Å². The molecule has 0 amide bonds. The van der Waals surface area contributed by atoms with Crippen molar-refractivity contribution in [3.63, 3.8) is 0 Å². The summed E-state index contributed by atoms with van der Waals surface area (Å²) < 4.78 is 27.7. The van der Waals surface area contributed by atoms with Gasteiger partial charge in [-0.15, -0.1) is 0 Å². The largest absolute Gasteiger partial charge is 0.493 e. The van der Waals surface area contributed by atoms with Gasteiger partial charge >= 0.3 is 29.8 Å². The predicted molar refractivity (Wildman–Crippen MR) is 163 cm³/mol. The third kappa shape index (κ3) is 5.66. The molecule has 0 saturated carbocycles. The highest BCUT2D eigenvalue weighted by Gasteiger charge is 2.72. The van der Waals surface area contributed by atoms with E-state index in [9.17, 15) is 39.3 Å². The molecule has 15 nitrogen and oxygen atoms in total. The fraction of sp³-hybridized carbons (Fsp3) is 0.441. The molecule has 0 radical (unpaired) electrons. The third-order valence-corrected chi connectivity index (χ3v) is 9.87. The van der Waals surface area contributed by atoms with Gasteiger partial charge in [0.2, 0.25) is 12.2 Å². The first-order chi connectivity index (χ1) is 23.3. The zero-order chi connectivity index (χ0) is 35.2. The fourth-order valence-electron chi connectivity index (χ4n) is 7.61. The number of carboxylic acids is 2. The molecule has 1 fully saturated rings. The summed E-state index contributed by atoms with van der Waals surface area (Å²) in [5.41, 5.74) is -0.388. The van der Waals surface area contributed by atoms with E-state index < -0.39 is 78.1 Å². The minimum atomic E-state index is -2.07. The van der Waals surface area contributed by atoms with Crippen LogP contribution >= 0.6 is 0 Å². The highest BCUT2D eigenvalue weighted by atomic mass is 16.6. The minimum Gasteiger partial charge on any atom is -0.493 e. The van der Waals surface area contributed by atoms with Gasteiger partial charge in [0.15, 0.2) is 23.7 Å². The van der Waals surface area contributed by atoms with E-state index in [0.717, 1.165) is 11.1 Å². The van der Waals surface area contributed by atoms with Crippen LogP contribution in [0, 0.1) is 0 Å². The number of aliphatic carboxylic acids is 2. The number of benzene rings is 2. The maximum atomic E-state index is 13.2. The van der Waals surface area contributed by atoms with Crippen molar-refractivity contribution in [1.29, 1.82) is 0 Å². The van der Waals surface area contributed by atoms with E-state index in [-0.39, 0.29) is 23.8 Å². The van der Waals surface area contributed by atoms with Crippen molar-refractivity contribution in [2.24, 2.45) is 0 Å². The number of carboxylic acid groups (broad SMARTS) is 2. The van der Waals surface area contributed by atoms with Crippen molar-refractivity contribution in [2.45, 2.75) is 73.6 Å². The maximum Gasteiger partial charge on any atom is 0.353 e. The molecular formula is C34H35NO14. The van der Waals surface area contributed by atoms with Crippen LogP contribution in [0.5, 0.6) is 11.5 Å². The maximum absolute atomic E-state index is 13.2. The molecule has 7 atom stereocenters. The number of carbonyl (C=O) groups is 5. The molecule has 2 bridgehead atoms. The highest BCUT2D eigenvalue weighted by Crippen LogP contribution is 2.65. The van der Waals surface area contributed by atoms with E-state index in [1.54, 1.807) is 18.2 Å². The van der Waals surface area contributed by atoms with Crippen molar-refractivity contribution in [2.75, 3.05) is 20.7 Å². The van der Waals surface area contributed by atoms with Crippen LogP contribution in [-0.4, -0.2) is 106 Å². The molecule has 49 heavy (non-hydrogen) atoms. The van der Waals surface area contributed by atoms with Crippen LogP contribution in [0.2, 0.25) is 0 Å². The van der Waals surface area contributed by atoms with E-state index in [1.807, 2.05) is 13.1 Å². The number of hydrogen-bond acceptors (Lipinski definition) is 13. The van der Waals surface area contributed by atoms with Gasteiger partial charge in [0, 0.05) is 23.6 Å². The van der Waals surface area contributed by atoms with Crippen molar-refractivity contribution in [3.05, 3.63) is 71.0 Å². The Bertz CT molecular complexity index is 1720. The number of ether oxygens (including phenoxy) is 5. The van der Waals surface area contributed by atoms with E-state index in [2.05, 4.69) is 4.90 Å². The number of nitrogens with zero attached hydrogens (tertiary/aromatic N) is 1. The van der Waals surface area contributed by atoms with Gasteiger partial charge in [0.05, 0.1) is 31.0 Å². The molecule has 2 aromatic rings. The number of esters is 3. The highest BCUT2D eigenvalue weighted by molar-refractivity contribution is 5.87. The van der Waals surface area contributed by atoms with Gasteiger partial charge in [0.25, 0.3) is 0 Å². The number of likely N-dealkylation sites (tertiary alicyclic amines) is 1. The van der Waals surface area contributed by atoms with Gasteiger partial charge in [-0.25, -0.2) is 14.4 Å². The van der Waals surface area contributed by atoms with Gasteiger partial charge in [-0.05, 0) is 44.1 Å². The van der Waals surface area contributed by atoms with Gasteiger partial charge in [-0.1, -0.05) is 36.4 Å². The molecule has 2 aliphatic heterocycles. The first kappa shape index (κ1) is 33.9. The number of aliphatic hydroxyl groups excluding tert-OH is 1. The molecule has 0 unspecified atom stereocenters. The van der Waals surface area contributed by atoms with Gasteiger partial charge in [-0.3, -0.25) is 9.59 Å². The van der Waals surface area contributed by atoms with Crippen LogP contribution in [0.1, 0.15) is 48.5 Å². The number of hydrogen-bond donors (Lipinski definition) is 4. The summed E-state index contributed by atoms with van der Waals surface area (Å²) in [6.45, 7) is 0.632. The number of carbonyl (C=O) groups excluding carboxylic acids is 3. The summed E-state index contributed by atoms with van der Waals surface area (Å²) >= 11 is 0. The predicted octanol–water partition coefficient (Wildman–Crippen LogP) is 1.02. The Hall–Kier alpha value is -4.99. The van der Waals surface area contributed by atoms with E-state index in [0.29, 0.717) is 30.9 Å². The Morgan fingerprint density at radius 2 is 1.76 bits per heavy atom. The smallest absolute Gasteiger partial charge is 0.353 e. The normalized spacial score (nSPS) is 26.5. The lowest BCUT2D eigenvalue weighted by Crippen LogP contribution is -2.74. The first-order valence-electron chi connectivity index (χ1n) is 15.6. The Labute approximate surface area is 279 Å². The van der Waals surface area contributed by atoms with Crippen LogP contribution in [0.3, 0.4) is 0 Å². The molecule has 15 heteroatoms. The quantitative estimate of drug-likeness (QED) is 0.182. The van der Waals surface area contributed by atoms with Crippen molar-refractivity contribution < 1.29 is 68.1 Å². The van der Waals surface area contributed by atoms with Crippen LogP contribution in [0.4, 0.5) is 0 Å². The average molecular weight is 682 g/mol. The number of rotatable bonds is 12. The van der Waals surface area contributed by atoms with E-state index >= 15 is 0 Å². The molecule has 4 aliphatic rings. The average Bonchev–Trinajstić information content (AvgIpc) is 3.42. The Morgan fingerprint density at radius 1 is 1.02 bits per heavy atom. The molecule has 4 N–H and O–H groups in total.